The zero-order valence-corrected chi connectivity index (χ0v) is 13.9. The van der Waals surface area contributed by atoms with E-state index in [9.17, 15) is 14.0 Å². The van der Waals surface area contributed by atoms with Crippen LogP contribution < -0.4 is 20.6 Å². The molecular formula is C19H15FN2O4. The summed E-state index contributed by atoms with van der Waals surface area (Å²) >= 11 is 0. The highest BCUT2D eigenvalue weighted by Crippen LogP contribution is 2.32. The van der Waals surface area contributed by atoms with Crippen LogP contribution in [-0.4, -0.2) is 15.9 Å². The molecule has 0 unspecified atom stereocenters. The van der Waals surface area contributed by atoms with E-state index in [-0.39, 0.29) is 13.3 Å². The summed E-state index contributed by atoms with van der Waals surface area (Å²) in [5.41, 5.74) is 0.426. The molecule has 2 heterocycles. The first-order valence-electron chi connectivity index (χ1n) is 8.00. The molecule has 26 heavy (non-hydrogen) atoms. The van der Waals surface area contributed by atoms with Crippen molar-refractivity contribution in [3.63, 3.8) is 0 Å². The molecule has 7 heteroatoms. The first kappa shape index (κ1) is 16.1. The van der Waals surface area contributed by atoms with Crippen molar-refractivity contribution in [3.8, 4) is 17.2 Å². The molecular weight excluding hydrogens is 339 g/mol. The average Bonchev–Trinajstić information content (AvgIpc) is 3.09. The van der Waals surface area contributed by atoms with Gasteiger partial charge in [-0.3, -0.25) is 14.2 Å². The number of aromatic nitrogens is 2. The highest BCUT2D eigenvalue weighted by atomic mass is 19.1. The maximum atomic E-state index is 13.5. The Bertz CT molecular complexity index is 1120. The standard InChI is InChI=1S/C19H15FN2O4/c1-12-2-4-14(20)9-15(12)22-7-6-21(18(23)19(22)24)10-13-3-5-16-17(8-13)26-11-25-16/h2-9H,10-11H2,1H3. The molecule has 4 rings (SSSR count). The van der Waals surface area contributed by atoms with Crippen LogP contribution in [-0.2, 0) is 6.54 Å². The van der Waals surface area contributed by atoms with Crippen LogP contribution in [0.25, 0.3) is 5.69 Å². The Kier molecular flexibility index (Phi) is 3.84. The minimum absolute atomic E-state index is 0.168. The predicted octanol–water partition coefficient (Wildman–Crippen LogP) is 2.22. The molecule has 6 nitrogen and oxygen atoms in total. The van der Waals surface area contributed by atoms with Crippen molar-refractivity contribution >= 4 is 0 Å². The molecule has 0 fully saturated rings. The fraction of sp³-hybridized carbons (Fsp3) is 0.158. The number of rotatable bonds is 3. The van der Waals surface area contributed by atoms with Crippen LogP contribution >= 0.6 is 0 Å². The van der Waals surface area contributed by atoms with Gasteiger partial charge in [-0.25, -0.2) is 4.39 Å². The molecule has 0 amide bonds. The Labute approximate surface area is 147 Å². The SMILES string of the molecule is Cc1ccc(F)cc1-n1ccn(Cc2ccc3c(c2)OCO3)c(=O)c1=O. The van der Waals surface area contributed by atoms with Gasteiger partial charge in [-0.05, 0) is 42.3 Å². The van der Waals surface area contributed by atoms with E-state index in [4.69, 9.17) is 9.47 Å². The van der Waals surface area contributed by atoms with Gasteiger partial charge in [-0.15, -0.1) is 0 Å². The largest absolute Gasteiger partial charge is 0.454 e. The van der Waals surface area contributed by atoms with E-state index >= 15 is 0 Å². The van der Waals surface area contributed by atoms with Crippen molar-refractivity contribution in [1.82, 2.24) is 9.13 Å². The van der Waals surface area contributed by atoms with Gasteiger partial charge in [0.2, 0.25) is 6.79 Å². The van der Waals surface area contributed by atoms with Crippen LogP contribution in [0.4, 0.5) is 4.39 Å². The fourth-order valence-electron chi connectivity index (χ4n) is 2.90. The van der Waals surface area contributed by atoms with Gasteiger partial charge in [-0.2, -0.15) is 0 Å². The van der Waals surface area contributed by atoms with Crippen molar-refractivity contribution in [1.29, 1.82) is 0 Å². The van der Waals surface area contributed by atoms with Crippen molar-refractivity contribution in [2.75, 3.05) is 6.79 Å². The number of hydrogen-bond donors (Lipinski definition) is 0. The molecule has 0 N–H and O–H groups in total. The second-order valence-corrected chi connectivity index (χ2v) is 6.02. The molecule has 0 aliphatic carbocycles. The number of aryl methyl sites for hydroxylation is 1. The molecule has 0 bridgehead atoms. The van der Waals surface area contributed by atoms with Gasteiger partial charge in [0.1, 0.15) is 5.82 Å². The summed E-state index contributed by atoms with van der Waals surface area (Å²) in [6.45, 7) is 2.13. The molecule has 1 aliphatic rings. The van der Waals surface area contributed by atoms with Gasteiger partial charge in [0, 0.05) is 12.4 Å². The zero-order chi connectivity index (χ0) is 18.3. The van der Waals surface area contributed by atoms with Gasteiger partial charge >= 0.3 is 11.1 Å². The molecule has 2 aromatic carbocycles. The molecule has 0 radical (unpaired) electrons. The number of ether oxygens (including phenoxy) is 2. The van der Waals surface area contributed by atoms with Crippen molar-refractivity contribution in [2.45, 2.75) is 13.5 Å². The highest BCUT2D eigenvalue weighted by molar-refractivity contribution is 5.44. The smallest absolute Gasteiger partial charge is 0.320 e. The molecule has 0 saturated heterocycles. The van der Waals surface area contributed by atoms with Crippen LogP contribution in [0.2, 0.25) is 0 Å². The van der Waals surface area contributed by atoms with Gasteiger partial charge in [-0.1, -0.05) is 12.1 Å². The third-order valence-electron chi connectivity index (χ3n) is 4.28. The molecule has 1 aromatic heterocycles. The van der Waals surface area contributed by atoms with Crippen molar-refractivity contribution in [2.24, 2.45) is 0 Å². The fourth-order valence-corrected chi connectivity index (χ4v) is 2.90. The predicted molar refractivity (Wildman–Crippen MR) is 92.7 cm³/mol. The van der Waals surface area contributed by atoms with Crippen LogP contribution in [0.15, 0.2) is 58.4 Å². The molecule has 1 aliphatic heterocycles. The second kappa shape index (κ2) is 6.18. The van der Waals surface area contributed by atoms with Crippen LogP contribution in [0.3, 0.4) is 0 Å². The van der Waals surface area contributed by atoms with E-state index in [0.717, 1.165) is 10.1 Å². The van der Waals surface area contributed by atoms with E-state index in [0.29, 0.717) is 22.7 Å². The van der Waals surface area contributed by atoms with E-state index in [1.54, 1.807) is 25.1 Å². The van der Waals surface area contributed by atoms with E-state index in [2.05, 4.69) is 0 Å². The summed E-state index contributed by atoms with van der Waals surface area (Å²) in [4.78, 5) is 25.0. The minimum atomic E-state index is -0.734. The van der Waals surface area contributed by atoms with E-state index in [1.165, 1.54) is 29.1 Å². The first-order valence-corrected chi connectivity index (χ1v) is 8.00. The second-order valence-electron chi connectivity index (χ2n) is 6.02. The summed E-state index contributed by atoms with van der Waals surface area (Å²) in [5.74, 6) is 0.791. The Morgan fingerprint density at radius 1 is 1.00 bits per heavy atom. The zero-order valence-electron chi connectivity index (χ0n) is 13.9. The molecule has 0 spiro atoms. The average molecular weight is 354 g/mol. The monoisotopic (exact) mass is 354 g/mol. The maximum Gasteiger partial charge on any atom is 0.320 e. The Hall–Kier alpha value is -3.35. The Morgan fingerprint density at radius 2 is 1.81 bits per heavy atom. The number of fused-ring (bicyclic) bond motifs is 1. The summed E-state index contributed by atoms with van der Waals surface area (Å²) in [5, 5.41) is 0. The molecule has 132 valence electrons. The summed E-state index contributed by atoms with van der Waals surface area (Å²) in [7, 11) is 0. The first-order chi connectivity index (χ1) is 12.5. The Balaban J connectivity index is 1.72. The summed E-state index contributed by atoms with van der Waals surface area (Å²) in [6, 6.07) is 9.46. The van der Waals surface area contributed by atoms with Crippen molar-refractivity contribution in [3.05, 3.63) is 86.4 Å². The number of hydrogen-bond acceptors (Lipinski definition) is 4. The van der Waals surface area contributed by atoms with Crippen LogP contribution in [0.5, 0.6) is 11.5 Å². The van der Waals surface area contributed by atoms with Gasteiger partial charge in [0.25, 0.3) is 0 Å². The highest BCUT2D eigenvalue weighted by Gasteiger charge is 2.14. The molecule has 3 aromatic rings. The lowest BCUT2D eigenvalue weighted by atomic mass is 10.2. The van der Waals surface area contributed by atoms with Gasteiger partial charge in [0.05, 0.1) is 12.2 Å². The lowest BCUT2D eigenvalue weighted by Crippen LogP contribution is -2.40. The maximum absolute atomic E-state index is 13.5. The normalized spacial score (nSPS) is 12.4. The van der Waals surface area contributed by atoms with Gasteiger partial charge < -0.3 is 14.0 Å². The quantitative estimate of drug-likeness (QED) is 0.677. The number of halogens is 1. The summed E-state index contributed by atoms with van der Waals surface area (Å²) in [6.07, 6.45) is 2.98. The number of nitrogens with zero attached hydrogens (tertiary/aromatic N) is 2. The third kappa shape index (κ3) is 2.77. The van der Waals surface area contributed by atoms with Crippen LogP contribution in [0, 0.1) is 12.7 Å². The van der Waals surface area contributed by atoms with Crippen molar-refractivity contribution < 1.29 is 13.9 Å². The number of benzene rings is 2. The molecule has 0 atom stereocenters. The topological polar surface area (TPSA) is 62.5 Å². The molecule has 0 saturated carbocycles. The lowest BCUT2D eigenvalue weighted by molar-refractivity contribution is 0.174. The summed E-state index contributed by atoms with van der Waals surface area (Å²) < 4.78 is 26.6. The third-order valence-corrected chi connectivity index (χ3v) is 4.28. The minimum Gasteiger partial charge on any atom is -0.454 e. The Morgan fingerprint density at radius 3 is 2.65 bits per heavy atom. The lowest BCUT2D eigenvalue weighted by Gasteiger charge is -2.11. The van der Waals surface area contributed by atoms with Crippen LogP contribution in [0.1, 0.15) is 11.1 Å². The van der Waals surface area contributed by atoms with E-state index in [1.807, 2.05) is 6.07 Å². The van der Waals surface area contributed by atoms with E-state index < -0.39 is 16.9 Å². The van der Waals surface area contributed by atoms with Gasteiger partial charge in [0.15, 0.2) is 11.5 Å².